The lowest BCUT2D eigenvalue weighted by Gasteiger charge is -2.30. The third-order valence-corrected chi connectivity index (χ3v) is 6.13. The van der Waals surface area contributed by atoms with E-state index >= 15 is 0 Å². The van der Waals surface area contributed by atoms with Crippen molar-refractivity contribution in [1.82, 2.24) is 19.8 Å². The van der Waals surface area contributed by atoms with Crippen molar-refractivity contribution in [1.29, 1.82) is 0 Å². The number of hydrogen-bond acceptors (Lipinski definition) is 3. The summed E-state index contributed by atoms with van der Waals surface area (Å²) in [6, 6.07) is 8.09. The second-order valence-electron chi connectivity index (χ2n) is 8.49. The average Bonchev–Trinajstić information content (AvgIpc) is 3.12. The summed E-state index contributed by atoms with van der Waals surface area (Å²) in [6.07, 6.45) is 4.92. The number of nitrogens with zero attached hydrogens (tertiary/aromatic N) is 3. The van der Waals surface area contributed by atoms with E-state index in [0.717, 1.165) is 63.0 Å². The molecule has 1 saturated heterocycles. The molecule has 0 unspecified atom stereocenters. The Kier molecular flexibility index (Phi) is 5.69. The number of amides is 2. The molecule has 1 aromatic carbocycles. The number of aryl methyl sites for hydroxylation is 1. The summed E-state index contributed by atoms with van der Waals surface area (Å²) >= 11 is 0. The van der Waals surface area contributed by atoms with Crippen molar-refractivity contribution in [2.24, 2.45) is 5.92 Å². The van der Waals surface area contributed by atoms with Crippen LogP contribution >= 0.6 is 0 Å². The zero-order chi connectivity index (χ0) is 20.4. The molecule has 1 fully saturated rings. The number of imidazole rings is 1. The van der Waals surface area contributed by atoms with Crippen molar-refractivity contribution in [3.63, 3.8) is 0 Å². The summed E-state index contributed by atoms with van der Waals surface area (Å²) in [5, 5.41) is 2.98. The predicted molar refractivity (Wildman–Crippen MR) is 112 cm³/mol. The first-order valence-corrected chi connectivity index (χ1v) is 10.8. The lowest BCUT2D eigenvalue weighted by molar-refractivity contribution is 0.0690. The van der Waals surface area contributed by atoms with E-state index in [2.05, 4.69) is 23.3 Å². The molecular weight excluding hydrogens is 364 g/mol. The van der Waals surface area contributed by atoms with Gasteiger partial charge < -0.3 is 14.8 Å². The lowest BCUT2D eigenvalue weighted by Crippen LogP contribution is -2.38. The summed E-state index contributed by atoms with van der Waals surface area (Å²) < 4.78 is 1.97. The Balaban J connectivity index is 1.54. The molecule has 3 heterocycles. The first-order chi connectivity index (χ1) is 14.0. The third-order valence-electron chi connectivity index (χ3n) is 6.13. The van der Waals surface area contributed by atoms with E-state index in [0.29, 0.717) is 24.0 Å². The van der Waals surface area contributed by atoms with Gasteiger partial charge in [0.1, 0.15) is 5.69 Å². The number of rotatable bonds is 4. The minimum Gasteiger partial charge on any atom is -0.345 e. The summed E-state index contributed by atoms with van der Waals surface area (Å²) in [7, 11) is 0. The van der Waals surface area contributed by atoms with Gasteiger partial charge in [-0.05, 0) is 50.5 Å². The van der Waals surface area contributed by atoms with Gasteiger partial charge in [0.15, 0.2) is 5.82 Å². The fraction of sp³-hybridized carbons (Fsp3) is 0.522. The van der Waals surface area contributed by atoms with Crippen LogP contribution in [0.15, 0.2) is 24.3 Å². The Hall–Kier alpha value is -2.63. The van der Waals surface area contributed by atoms with Crippen molar-refractivity contribution >= 4 is 11.8 Å². The zero-order valence-corrected chi connectivity index (χ0v) is 17.4. The van der Waals surface area contributed by atoms with Gasteiger partial charge in [-0.1, -0.05) is 36.8 Å². The third kappa shape index (κ3) is 4.21. The van der Waals surface area contributed by atoms with Crippen LogP contribution in [0.5, 0.6) is 0 Å². The minimum atomic E-state index is -0.207. The maximum absolute atomic E-state index is 13.1. The molecule has 2 aliphatic rings. The Morgan fingerprint density at radius 2 is 1.97 bits per heavy atom. The van der Waals surface area contributed by atoms with Gasteiger partial charge in [-0.2, -0.15) is 0 Å². The minimum absolute atomic E-state index is 0.0136. The van der Waals surface area contributed by atoms with Crippen LogP contribution in [0, 0.1) is 12.8 Å². The number of piperidine rings is 1. The van der Waals surface area contributed by atoms with Crippen LogP contribution in [0.2, 0.25) is 0 Å². The second kappa shape index (κ2) is 8.39. The molecule has 0 radical (unpaired) electrons. The van der Waals surface area contributed by atoms with Gasteiger partial charge in [0.05, 0.1) is 5.69 Å². The molecule has 2 amide bonds. The van der Waals surface area contributed by atoms with E-state index in [1.54, 1.807) is 0 Å². The first kappa shape index (κ1) is 19.7. The maximum Gasteiger partial charge on any atom is 0.287 e. The molecule has 2 aliphatic heterocycles. The van der Waals surface area contributed by atoms with Crippen molar-refractivity contribution in [3.05, 3.63) is 52.6 Å². The summed E-state index contributed by atoms with van der Waals surface area (Å²) in [5.74, 6) is 0.820. The lowest BCUT2D eigenvalue weighted by atomic mass is 9.98. The smallest absolute Gasteiger partial charge is 0.287 e. The number of nitrogens with one attached hydrogen (secondary N) is 1. The van der Waals surface area contributed by atoms with E-state index in [4.69, 9.17) is 0 Å². The molecule has 4 rings (SSSR count). The highest BCUT2D eigenvalue weighted by Crippen LogP contribution is 2.24. The Labute approximate surface area is 172 Å². The number of likely N-dealkylation sites (tertiary alicyclic amines) is 1. The quantitative estimate of drug-likeness (QED) is 0.865. The molecule has 0 saturated carbocycles. The molecule has 0 aliphatic carbocycles. The SMILES string of the molecule is Cc1cccc(CNC(=O)c2nc(C(=O)N3CCC(C)CC3)c3n2CCCC3)c1. The van der Waals surface area contributed by atoms with Crippen LogP contribution in [-0.4, -0.2) is 39.4 Å². The Morgan fingerprint density at radius 3 is 2.72 bits per heavy atom. The topological polar surface area (TPSA) is 67.2 Å². The predicted octanol–water partition coefficient (Wildman–Crippen LogP) is 3.33. The van der Waals surface area contributed by atoms with Gasteiger partial charge in [0.25, 0.3) is 11.8 Å². The van der Waals surface area contributed by atoms with Gasteiger partial charge in [-0.15, -0.1) is 0 Å². The largest absolute Gasteiger partial charge is 0.345 e. The van der Waals surface area contributed by atoms with E-state index in [1.165, 1.54) is 5.56 Å². The Bertz CT molecular complexity index is 910. The molecule has 6 heteroatoms. The molecule has 1 aromatic heterocycles. The van der Waals surface area contributed by atoms with Gasteiger partial charge in [-0.25, -0.2) is 4.98 Å². The van der Waals surface area contributed by atoms with Crippen LogP contribution in [0.25, 0.3) is 0 Å². The molecule has 6 nitrogen and oxygen atoms in total. The molecule has 154 valence electrons. The van der Waals surface area contributed by atoms with Crippen molar-refractivity contribution in [2.45, 2.75) is 59.0 Å². The first-order valence-electron chi connectivity index (χ1n) is 10.8. The van der Waals surface area contributed by atoms with Gasteiger partial charge in [-0.3, -0.25) is 9.59 Å². The molecule has 2 aromatic rings. The van der Waals surface area contributed by atoms with Gasteiger partial charge in [0.2, 0.25) is 0 Å². The highest BCUT2D eigenvalue weighted by atomic mass is 16.2. The second-order valence-corrected chi connectivity index (χ2v) is 8.49. The van der Waals surface area contributed by atoms with Gasteiger partial charge >= 0.3 is 0 Å². The molecular formula is C23H30N4O2. The maximum atomic E-state index is 13.1. The van der Waals surface area contributed by atoms with E-state index in [1.807, 2.05) is 34.6 Å². The Morgan fingerprint density at radius 1 is 1.17 bits per heavy atom. The number of hydrogen-bond donors (Lipinski definition) is 1. The number of carbonyl (C=O) groups excluding carboxylic acids is 2. The fourth-order valence-electron chi connectivity index (χ4n) is 4.33. The molecule has 0 bridgehead atoms. The summed E-state index contributed by atoms with van der Waals surface area (Å²) in [5.41, 5.74) is 3.64. The standard InChI is InChI=1S/C23H30N4O2/c1-16-9-12-26(13-10-16)23(29)20-19-8-3-4-11-27(19)21(25-20)22(28)24-15-18-7-5-6-17(2)14-18/h5-7,14,16H,3-4,8-13,15H2,1-2H3,(H,24,28). The molecule has 0 spiro atoms. The van der Waals surface area contributed by atoms with Crippen LogP contribution in [0.4, 0.5) is 0 Å². The number of benzene rings is 1. The van der Waals surface area contributed by atoms with Crippen molar-refractivity contribution in [2.75, 3.05) is 13.1 Å². The van der Waals surface area contributed by atoms with Gasteiger partial charge in [0, 0.05) is 26.2 Å². The summed E-state index contributed by atoms with van der Waals surface area (Å²) in [4.78, 5) is 32.5. The van der Waals surface area contributed by atoms with Crippen LogP contribution in [-0.2, 0) is 19.5 Å². The zero-order valence-electron chi connectivity index (χ0n) is 17.4. The van der Waals surface area contributed by atoms with E-state index in [-0.39, 0.29) is 11.8 Å². The molecule has 0 atom stereocenters. The van der Waals surface area contributed by atoms with E-state index < -0.39 is 0 Å². The fourth-order valence-corrected chi connectivity index (χ4v) is 4.33. The van der Waals surface area contributed by atoms with Crippen molar-refractivity contribution < 1.29 is 9.59 Å². The van der Waals surface area contributed by atoms with Crippen LogP contribution in [0.1, 0.15) is 70.5 Å². The van der Waals surface area contributed by atoms with Crippen LogP contribution < -0.4 is 5.32 Å². The number of fused-ring (bicyclic) bond motifs is 1. The normalized spacial score (nSPS) is 17.1. The highest BCUT2D eigenvalue weighted by Gasteiger charge is 2.31. The molecule has 29 heavy (non-hydrogen) atoms. The summed E-state index contributed by atoms with van der Waals surface area (Å²) in [6.45, 7) is 7.03. The van der Waals surface area contributed by atoms with Crippen LogP contribution in [0.3, 0.4) is 0 Å². The number of aromatic nitrogens is 2. The molecule has 1 N–H and O–H groups in total. The van der Waals surface area contributed by atoms with Crippen molar-refractivity contribution in [3.8, 4) is 0 Å². The highest BCUT2D eigenvalue weighted by molar-refractivity contribution is 5.97. The average molecular weight is 395 g/mol. The van der Waals surface area contributed by atoms with E-state index in [9.17, 15) is 9.59 Å². The number of carbonyl (C=O) groups is 2. The monoisotopic (exact) mass is 394 g/mol.